The van der Waals surface area contributed by atoms with E-state index in [1.807, 2.05) is 0 Å². The van der Waals surface area contributed by atoms with Gasteiger partial charge in [-0.15, -0.1) is 0 Å². The number of hydrogen-bond acceptors (Lipinski definition) is 2. The van der Waals surface area contributed by atoms with E-state index in [2.05, 4.69) is 55.4 Å². The van der Waals surface area contributed by atoms with Crippen molar-refractivity contribution >= 4 is 5.69 Å². The van der Waals surface area contributed by atoms with Crippen LogP contribution in [-0.2, 0) is 6.54 Å². The van der Waals surface area contributed by atoms with Crippen molar-refractivity contribution in [3.8, 4) is 0 Å². The molecule has 1 fully saturated rings. The molecule has 2 nitrogen and oxygen atoms in total. The Morgan fingerprint density at radius 1 is 1.31 bits per heavy atom. The first-order valence-electron chi connectivity index (χ1n) is 6.22. The monoisotopic (exact) mass is 218 g/mol. The number of para-hydroxylation sites is 1. The summed E-state index contributed by atoms with van der Waals surface area (Å²) in [5.74, 6) is 0. The van der Waals surface area contributed by atoms with Gasteiger partial charge in [0.05, 0.1) is 0 Å². The summed E-state index contributed by atoms with van der Waals surface area (Å²) in [5.41, 5.74) is 2.80. The molecule has 0 atom stereocenters. The average Bonchev–Trinajstić information content (AvgIpc) is 3.09. The Morgan fingerprint density at radius 2 is 2.00 bits per heavy atom. The quantitative estimate of drug-likeness (QED) is 0.817. The smallest absolute Gasteiger partial charge is 0.0411 e. The van der Waals surface area contributed by atoms with E-state index in [4.69, 9.17) is 0 Å². The lowest BCUT2D eigenvalue weighted by Gasteiger charge is -2.22. The molecule has 0 bridgehead atoms. The minimum absolute atomic E-state index is 0.541. The third-order valence-electron chi connectivity index (χ3n) is 3.17. The molecule has 0 unspecified atom stereocenters. The first-order valence-corrected chi connectivity index (χ1v) is 6.22. The van der Waals surface area contributed by atoms with Crippen molar-refractivity contribution in [2.45, 2.75) is 45.3 Å². The summed E-state index contributed by atoms with van der Waals surface area (Å²) >= 11 is 0. The van der Waals surface area contributed by atoms with Crippen molar-refractivity contribution < 1.29 is 0 Å². The van der Waals surface area contributed by atoms with Gasteiger partial charge in [-0.1, -0.05) is 32.0 Å². The predicted molar refractivity (Wildman–Crippen MR) is 69.8 cm³/mol. The molecular weight excluding hydrogens is 196 g/mol. The summed E-state index contributed by atoms with van der Waals surface area (Å²) in [5, 5.41) is 3.49. The van der Waals surface area contributed by atoms with E-state index in [1.54, 1.807) is 0 Å². The fraction of sp³-hybridized carbons (Fsp3) is 0.571. The minimum atomic E-state index is 0.541. The summed E-state index contributed by atoms with van der Waals surface area (Å²) in [7, 11) is 2.21. The number of hydrogen-bond donors (Lipinski definition) is 1. The average molecular weight is 218 g/mol. The van der Waals surface area contributed by atoms with Gasteiger partial charge in [-0.3, -0.25) is 0 Å². The maximum atomic E-state index is 3.49. The van der Waals surface area contributed by atoms with E-state index < -0.39 is 0 Å². The van der Waals surface area contributed by atoms with Crippen LogP contribution in [0.1, 0.15) is 32.3 Å². The highest BCUT2D eigenvalue weighted by Gasteiger charge is 2.27. The second kappa shape index (κ2) is 4.88. The van der Waals surface area contributed by atoms with Gasteiger partial charge in [0.15, 0.2) is 0 Å². The van der Waals surface area contributed by atoms with Crippen molar-refractivity contribution in [2.24, 2.45) is 0 Å². The second-order valence-electron chi connectivity index (χ2n) is 5.01. The van der Waals surface area contributed by atoms with E-state index in [0.29, 0.717) is 6.04 Å². The molecule has 0 spiro atoms. The summed E-state index contributed by atoms with van der Waals surface area (Å²) in [6.45, 7) is 5.34. The van der Waals surface area contributed by atoms with Crippen LogP contribution in [0.15, 0.2) is 24.3 Å². The fourth-order valence-electron chi connectivity index (χ4n) is 1.98. The molecule has 0 saturated heterocycles. The van der Waals surface area contributed by atoms with Gasteiger partial charge in [0.1, 0.15) is 0 Å². The van der Waals surface area contributed by atoms with Crippen molar-refractivity contribution in [1.29, 1.82) is 0 Å². The molecule has 1 aromatic carbocycles. The third kappa shape index (κ3) is 2.76. The van der Waals surface area contributed by atoms with E-state index in [-0.39, 0.29) is 0 Å². The lowest BCUT2D eigenvalue weighted by Crippen LogP contribution is -2.25. The molecular formula is C14H22N2. The lowest BCUT2D eigenvalue weighted by atomic mass is 10.1. The normalized spacial score (nSPS) is 15.5. The highest BCUT2D eigenvalue weighted by Crippen LogP contribution is 2.31. The van der Waals surface area contributed by atoms with Crippen molar-refractivity contribution in [3.05, 3.63) is 29.8 Å². The van der Waals surface area contributed by atoms with Crippen LogP contribution in [0.2, 0.25) is 0 Å². The molecule has 1 N–H and O–H groups in total. The molecule has 1 aliphatic carbocycles. The molecule has 2 rings (SSSR count). The number of nitrogens with one attached hydrogen (secondary N) is 1. The van der Waals surface area contributed by atoms with Gasteiger partial charge in [-0.2, -0.15) is 0 Å². The van der Waals surface area contributed by atoms with Gasteiger partial charge in [-0.25, -0.2) is 0 Å². The Bertz CT molecular complexity index is 342. The van der Waals surface area contributed by atoms with Crippen LogP contribution in [0.5, 0.6) is 0 Å². The molecule has 1 saturated carbocycles. The van der Waals surface area contributed by atoms with Crippen LogP contribution < -0.4 is 10.2 Å². The zero-order chi connectivity index (χ0) is 11.5. The first kappa shape index (κ1) is 11.5. The van der Waals surface area contributed by atoms with Gasteiger partial charge >= 0.3 is 0 Å². The Labute approximate surface area is 98.7 Å². The molecule has 0 heterocycles. The topological polar surface area (TPSA) is 15.3 Å². The van der Waals surface area contributed by atoms with E-state index in [9.17, 15) is 0 Å². The highest BCUT2D eigenvalue weighted by atomic mass is 15.2. The largest absolute Gasteiger partial charge is 0.371 e. The van der Waals surface area contributed by atoms with Crippen LogP contribution in [0.4, 0.5) is 5.69 Å². The zero-order valence-corrected chi connectivity index (χ0v) is 10.5. The SMILES string of the molecule is CC(C)NCc1ccccc1N(C)C1CC1. The Kier molecular flexibility index (Phi) is 3.49. The van der Waals surface area contributed by atoms with Crippen molar-refractivity contribution in [3.63, 3.8) is 0 Å². The van der Waals surface area contributed by atoms with Crippen LogP contribution in [0, 0.1) is 0 Å². The van der Waals surface area contributed by atoms with Crippen LogP contribution in [0.25, 0.3) is 0 Å². The zero-order valence-electron chi connectivity index (χ0n) is 10.5. The number of benzene rings is 1. The highest BCUT2D eigenvalue weighted by molar-refractivity contribution is 5.54. The molecule has 88 valence electrons. The van der Waals surface area contributed by atoms with Crippen molar-refractivity contribution in [2.75, 3.05) is 11.9 Å². The summed E-state index contributed by atoms with van der Waals surface area (Å²) < 4.78 is 0. The van der Waals surface area contributed by atoms with Crippen LogP contribution in [-0.4, -0.2) is 19.1 Å². The third-order valence-corrected chi connectivity index (χ3v) is 3.17. The van der Waals surface area contributed by atoms with Gasteiger partial charge in [-0.05, 0) is 24.5 Å². The van der Waals surface area contributed by atoms with Crippen molar-refractivity contribution in [1.82, 2.24) is 5.32 Å². The Balaban J connectivity index is 2.09. The fourth-order valence-corrected chi connectivity index (χ4v) is 1.98. The molecule has 1 aliphatic rings. The second-order valence-corrected chi connectivity index (χ2v) is 5.01. The van der Waals surface area contributed by atoms with Gasteiger partial charge in [0.2, 0.25) is 0 Å². The summed E-state index contributed by atoms with van der Waals surface area (Å²) in [4.78, 5) is 2.43. The maximum Gasteiger partial charge on any atom is 0.0411 e. The molecule has 1 aromatic rings. The van der Waals surface area contributed by atoms with E-state index >= 15 is 0 Å². The minimum Gasteiger partial charge on any atom is -0.371 e. The van der Waals surface area contributed by atoms with Gasteiger partial charge in [0.25, 0.3) is 0 Å². The molecule has 16 heavy (non-hydrogen) atoms. The maximum absolute atomic E-state index is 3.49. The lowest BCUT2D eigenvalue weighted by molar-refractivity contribution is 0.588. The predicted octanol–water partition coefficient (Wildman–Crippen LogP) is 2.78. The summed E-state index contributed by atoms with van der Waals surface area (Å²) in [6.07, 6.45) is 2.70. The molecule has 0 radical (unpaired) electrons. The number of nitrogens with zero attached hydrogens (tertiary/aromatic N) is 1. The van der Waals surface area contributed by atoms with Gasteiger partial charge in [0, 0.05) is 31.4 Å². The molecule has 0 amide bonds. The molecule has 0 aromatic heterocycles. The van der Waals surface area contributed by atoms with E-state index in [1.165, 1.54) is 24.1 Å². The van der Waals surface area contributed by atoms with Crippen LogP contribution >= 0.6 is 0 Å². The molecule has 2 heteroatoms. The molecule has 0 aliphatic heterocycles. The Morgan fingerprint density at radius 3 is 2.62 bits per heavy atom. The number of rotatable bonds is 5. The number of anilines is 1. The first-order chi connectivity index (χ1) is 7.68. The Hall–Kier alpha value is -1.02. The van der Waals surface area contributed by atoms with Gasteiger partial charge < -0.3 is 10.2 Å². The van der Waals surface area contributed by atoms with Crippen LogP contribution in [0.3, 0.4) is 0 Å². The summed E-state index contributed by atoms with van der Waals surface area (Å²) in [6, 6.07) is 10.0. The van der Waals surface area contributed by atoms with E-state index in [0.717, 1.165) is 12.6 Å². The standard InChI is InChI=1S/C14H22N2/c1-11(2)15-10-12-6-4-5-7-14(12)16(3)13-8-9-13/h4-7,11,13,15H,8-10H2,1-3H3.